The number of benzene rings is 2. The summed E-state index contributed by atoms with van der Waals surface area (Å²) in [6.07, 6.45) is -7.22. The van der Waals surface area contributed by atoms with Gasteiger partial charge in [-0.3, -0.25) is 4.79 Å². The Labute approximate surface area is 171 Å². The van der Waals surface area contributed by atoms with Crippen molar-refractivity contribution in [3.8, 4) is 22.6 Å². The molecule has 6 N–H and O–H groups in total. The fourth-order valence-electron chi connectivity index (χ4n) is 3.59. The predicted molar refractivity (Wildman–Crippen MR) is 104 cm³/mol. The van der Waals surface area contributed by atoms with Gasteiger partial charge in [-0.15, -0.1) is 0 Å². The summed E-state index contributed by atoms with van der Waals surface area (Å²) >= 11 is 0. The van der Waals surface area contributed by atoms with Crippen LogP contribution in [0, 0.1) is 0 Å². The van der Waals surface area contributed by atoms with E-state index in [2.05, 4.69) is 0 Å². The Morgan fingerprint density at radius 3 is 2.33 bits per heavy atom. The lowest BCUT2D eigenvalue weighted by Gasteiger charge is -2.40. The third kappa shape index (κ3) is 3.22. The van der Waals surface area contributed by atoms with Gasteiger partial charge in [-0.05, 0) is 29.8 Å². The highest BCUT2D eigenvalue weighted by atomic mass is 16.5. The first-order valence-electron chi connectivity index (χ1n) is 9.65. The van der Waals surface area contributed by atoms with Crippen LogP contribution in [0.1, 0.15) is 13.0 Å². The van der Waals surface area contributed by atoms with Gasteiger partial charge in [0, 0.05) is 0 Å². The zero-order valence-corrected chi connectivity index (χ0v) is 15.4. The molecule has 158 valence electrons. The number of aliphatic hydroxyl groups excluding tert-OH is 4. The molecule has 0 radical (unpaired) electrons. The summed E-state index contributed by atoms with van der Waals surface area (Å²) in [7, 11) is 0. The second-order valence-electron chi connectivity index (χ2n) is 7.04. The normalized spacial score (nSPS) is 28.3. The molecule has 1 aliphatic rings. The molecule has 1 aromatic heterocycles. The molecular formula is C21H20O9. The van der Waals surface area contributed by atoms with E-state index in [1.807, 2.05) is 0 Å². The zero-order valence-electron chi connectivity index (χ0n) is 16.4. The van der Waals surface area contributed by atoms with Crippen LogP contribution in [0.25, 0.3) is 22.1 Å². The molecule has 0 bridgehead atoms. The van der Waals surface area contributed by atoms with Crippen LogP contribution >= 0.6 is 0 Å². The molecule has 2 aromatic carbocycles. The lowest BCUT2D eigenvalue weighted by Crippen LogP contribution is -2.55. The third-order valence-corrected chi connectivity index (χ3v) is 5.22. The summed E-state index contributed by atoms with van der Waals surface area (Å²) in [5, 5.41) is 60.1. The van der Waals surface area contributed by atoms with E-state index in [1.54, 1.807) is 0 Å². The molecule has 0 amide bonds. The zero-order chi connectivity index (χ0) is 22.4. The maximum atomic E-state index is 13.1. The average Bonchev–Trinajstić information content (AvgIpc) is 2.74. The number of rotatable bonds is 3. The lowest BCUT2D eigenvalue weighted by molar-refractivity contribution is -0.231. The third-order valence-electron chi connectivity index (χ3n) is 5.22. The van der Waals surface area contributed by atoms with Crippen molar-refractivity contribution in [3.05, 3.63) is 58.4 Å². The predicted octanol–water partition coefficient (Wildman–Crippen LogP) is 0.386. The number of hydrogen-bond donors (Lipinski definition) is 6. The largest absolute Gasteiger partial charge is 0.508 e. The minimum atomic E-state index is -1.94. The molecule has 2 heterocycles. The number of fused-ring (bicyclic) bond motifs is 1. The van der Waals surface area contributed by atoms with E-state index >= 15 is 0 Å². The van der Waals surface area contributed by atoms with Crippen LogP contribution in [0.2, 0.25) is 0 Å². The van der Waals surface area contributed by atoms with Crippen molar-refractivity contribution in [2.45, 2.75) is 30.5 Å². The molecule has 3 aromatic rings. The Bertz CT molecular complexity index is 1160. The summed E-state index contributed by atoms with van der Waals surface area (Å²) in [4.78, 5) is 13.1. The summed E-state index contributed by atoms with van der Waals surface area (Å²) < 4.78 is 18.5. The Morgan fingerprint density at radius 2 is 1.67 bits per heavy atom. The molecule has 0 saturated carbocycles. The van der Waals surface area contributed by atoms with Crippen molar-refractivity contribution in [2.75, 3.05) is 6.58 Å². The summed E-state index contributed by atoms with van der Waals surface area (Å²) in [5.74, 6) is -0.393. The molecule has 9 heteroatoms. The van der Waals surface area contributed by atoms with Crippen LogP contribution in [0.4, 0.5) is 0 Å². The fourth-order valence-corrected chi connectivity index (χ4v) is 3.59. The molecule has 30 heavy (non-hydrogen) atoms. The molecule has 1 unspecified atom stereocenters. The summed E-state index contributed by atoms with van der Waals surface area (Å²) in [6.45, 7) is -1.94. The molecule has 0 spiro atoms. The summed E-state index contributed by atoms with van der Waals surface area (Å²) in [6, 6.07) is 8.39. The molecule has 1 fully saturated rings. The standard InChI is InChI=1S/C21H20O9/c22-7-14-17(26)18(27)19(28)21(30-14)15-13(24)6-5-11-16(25)12(8-29-20(11)15)9-1-3-10(23)4-2-9/h1-6,8,14,17-19,21-24,26-28H,7H2/t14-,17-,18+,19-,21+/m1/s1/i7D/t7?,14-,17-,18+,19-,21+. The minimum Gasteiger partial charge on any atom is -0.508 e. The Balaban J connectivity index is 1.87. The van der Waals surface area contributed by atoms with E-state index in [0.29, 0.717) is 5.56 Å². The van der Waals surface area contributed by atoms with Gasteiger partial charge in [0.05, 0.1) is 24.5 Å². The highest BCUT2D eigenvalue weighted by Crippen LogP contribution is 2.40. The molecular weight excluding hydrogens is 396 g/mol. The minimum absolute atomic E-state index is 0.0245. The highest BCUT2D eigenvalue weighted by Gasteiger charge is 2.45. The lowest BCUT2D eigenvalue weighted by atomic mass is 9.89. The first-order valence-corrected chi connectivity index (χ1v) is 9.07. The molecule has 1 saturated heterocycles. The Hall–Kier alpha value is -2.95. The van der Waals surface area contributed by atoms with Gasteiger partial charge in [-0.1, -0.05) is 12.1 Å². The second kappa shape index (κ2) is 7.71. The Kier molecular flexibility index (Phi) is 4.89. The number of phenolic OH excluding ortho intramolecular Hbond substituents is 2. The van der Waals surface area contributed by atoms with E-state index in [1.165, 1.54) is 36.4 Å². The molecule has 0 aliphatic carbocycles. The van der Waals surface area contributed by atoms with Crippen molar-refractivity contribution < 1.29 is 41.2 Å². The SMILES string of the molecule is [2H]C(O)[C@H]1O[C@@H](c2c(O)ccc3c(=O)c(-c4ccc(O)cc4)coc23)[C@H](O)[C@@H](O)[C@@H]1O. The van der Waals surface area contributed by atoms with Crippen LogP contribution in [0.5, 0.6) is 11.5 Å². The van der Waals surface area contributed by atoms with E-state index in [9.17, 15) is 35.4 Å². The number of ether oxygens (including phenoxy) is 1. The van der Waals surface area contributed by atoms with Gasteiger partial charge in [0.2, 0.25) is 5.43 Å². The number of aliphatic hydroxyl groups is 4. The van der Waals surface area contributed by atoms with Gasteiger partial charge in [-0.2, -0.15) is 0 Å². The smallest absolute Gasteiger partial charge is 0.200 e. The van der Waals surface area contributed by atoms with Gasteiger partial charge < -0.3 is 39.8 Å². The van der Waals surface area contributed by atoms with Gasteiger partial charge in [0.1, 0.15) is 53.9 Å². The van der Waals surface area contributed by atoms with Gasteiger partial charge >= 0.3 is 0 Å². The molecule has 6 atom stereocenters. The summed E-state index contributed by atoms with van der Waals surface area (Å²) in [5.41, 5.74) is -0.0948. The monoisotopic (exact) mass is 417 g/mol. The molecule has 1 aliphatic heterocycles. The maximum absolute atomic E-state index is 13.1. The van der Waals surface area contributed by atoms with Crippen LogP contribution in [0.3, 0.4) is 0 Å². The van der Waals surface area contributed by atoms with Crippen molar-refractivity contribution >= 4 is 11.0 Å². The van der Waals surface area contributed by atoms with Crippen molar-refractivity contribution in [1.29, 1.82) is 0 Å². The number of aromatic hydroxyl groups is 2. The molecule has 4 rings (SSSR count). The molecule has 9 nitrogen and oxygen atoms in total. The van der Waals surface area contributed by atoms with Gasteiger partial charge in [0.25, 0.3) is 0 Å². The number of phenols is 2. The van der Waals surface area contributed by atoms with Crippen molar-refractivity contribution in [3.63, 3.8) is 0 Å². The van der Waals surface area contributed by atoms with Crippen molar-refractivity contribution in [2.24, 2.45) is 0 Å². The van der Waals surface area contributed by atoms with E-state index in [0.717, 1.165) is 6.26 Å². The van der Waals surface area contributed by atoms with E-state index < -0.39 is 48.3 Å². The topological polar surface area (TPSA) is 161 Å². The van der Waals surface area contributed by atoms with E-state index in [4.69, 9.17) is 10.5 Å². The quantitative estimate of drug-likeness (QED) is 0.354. The van der Waals surface area contributed by atoms with Crippen LogP contribution in [-0.2, 0) is 4.74 Å². The Morgan fingerprint density at radius 1 is 0.967 bits per heavy atom. The van der Waals surface area contributed by atoms with Crippen molar-refractivity contribution in [1.82, 2.24) is 0 Å². The maximum Gasteiger partial charge on any atom is 0.200 e. The highest BCUT2D eigenvalue weighted by molar-refractivity contribution is 5.86. The van der Waals surface area contributed by atoms with Crippen LogP contribution in [0.15, 0.2) is 51.9 Å². The van der Waals surface area contributed by atoms with Crippen LogP contribution < -0.4 is 5.43 Å². The fraction of sp³-hybridized carbons (Fsp3) is 0.286. The number of hydrogen-bond acceptors (Lipinski definition) is 9. The van der Waals surface area contributed by atoms with Gasteiger partial charge in [-0.25, -0.2) is 0 Å². The first kappa shape index (κ1) is 19.0. The average molecular weight is 417 g/mol. The van der Waals surface area contributed by atoms with E-state index in [-0.39, 0.29) is 27.8 Å². The first-order chi connectivity index (χ1) is 14.7. The van der Waals surface area contributed by atoms with Crippen LogP contribution in [-0.4, -0.2) is 61.6 Å². The second-order valence-corrected chi connectivity index (χ2v) is 7.04. The van der Waals surface area contributed by atoms with Gasteiger partial charge in [0.15, 0.2) is 0 Å².